The summed E-state index contributed by atoms with van der Waals surface area (Å²) in [6.45, 7) is 6.13. The first-order chi connectivity index (χ1) is 12.7. The molecule has 0 fully saturated rings. The van der Waals surface area contributed by atoms with Crippen LogP contribution in [0.1, 0.15) is 22.3 Å². The van der Waals surface area contributed by atoms with Gasteiger partial charge in [0, 0.05) is 18.0 Å². The van der Waals surface area contributed by atoms with E-state index in [1.165, 1.54) is 12.1 Å². The zero-order valence-corrected chi connectivity index (χ0v) is 16.7. The lowest BCUT2D eigenvalue weighted by atomic mass is 10.1. The molecule has 0 aliphatic carbocycles. The average Bonchev–Trinajstić information content (AvgIpc) is 2.56. The topological polar surface area (TPSA) is 46.9 Å². The molecule has 0 atom stereocenters. The van der Waals surface area contributed by atoms with Crippen LogP contribution in [0.4, 0.5) is 20.4 Å². The largest absolute Gasteiger partial charge is 0.325 e. The van der Waals surface area contributed by atoms with Crippen LogP contribution in [0.25, 0.3) is 0 Å². The van der Waals surface area contributed by atoms with Crippen LogP contribution in [0.5, 0.6) is 0 Å². The van der Waals surface area contributed by atoms with Crippen LogP contribution < -0.4 is 10.9 Å². The number of rotatable bonds is 4. The molecule has 27 heavy (non-hydrogen) atoms. The number of benzene rings is 2. The summed E-state index contributed by atoms with van der Waals surface area (Å²) in [7, 11) is 0. The number of hydrogen-bond acceptors (Lipinski definition) is 3. The summed E-state index contributed by atoms with van der Waals surface area (Å²) >= 11 is 3.17. The van der Waals surface area contributed by atoms with Crippen molar-refractivity contribution < 1.29 is 8.78 Å². The van der Waals surface area contributed by atoms with E-state index in [9.17, 15) is 13.6 Å². The Hall–Kier alpha value is -2.54. The molecule has 1 heterocycles. The van der Waals surface area contributed by atoms with Crippen molar-refractivity contribution in [3.8, 4) is 0 Å². The first-order valence-electron chi connectivity index (χ1n) is 8.30. The van der Waals surface area contributed by atoms with Gasteiger partial charge in [-0.1, -0.05) is 6.07 Å². The summed E-state index contributed by atoms with van der Waals surface area (Å²) in [5.74, 6) is -1.02. The molecule has 1 aromatic heterocycles. The molecule has 0 saturated carbocycles. The third-order valence-corrected chi connectivity index (χ3v) is 4.86. The van der Waals surface area contributed by atoms with Crippen molar-refractivity contribution in [1.29, 1.82) is 0 Å². The van der Waals surface area contributed by atoms with Crippen LogP contribution in [0.15, 0.2) is 45.8 Å². The molecule has 0 aliphatic rings. The van der Waals surface area contributed by atoms with Crippen molar-refractivity contribution in [3.05, 3.63) is 85.2 Å². The highest BCUT2D eigenvalue weighted by Gasteiger charge is 2.11. The lowest BCUT2D eigenvalue weighted by Gasteiger charge is -2.17. The lowest BCUT2D eigenvalue weighted by Crippen LogP contribution is -2.18. The Morgan fingerprint density at radius 2 is 1.63 bits per heavy atom. The van der Waals surface area contributed by atoms with E-state index in [0.717, 1.165) is 28.4 Å². The SMILES string of the molecule is Cc1cc(C)c(Nc2nc(=O)c(Br)cn2Cc2cc(F)cc(F)c2)cc1C. The van der Waals surface area contributed by atoms with E-state index in [-0.39, 0.29) is 11.0 Å². The summed E-state index contributed by atoms with van der Waals surface area (Å²) < 4.78 is 28.9. The Morgan fingerprint density at radius 1 is 1.00 bits per heavy atom. The molecular formula is C20H18BrF2N3O. The molecule has 7 heteroatoms. The zero-order valence-electron chi connectivity index (χ0n) is 15.1. The molecule has 0 aliphatic heterocycles. The third kappa shape index (κ3) is 4.42. The van der Waals surface area contributed by atoms with Crippen molar-refractivity contribution in [2.45, 2.75) is 27.3 Å². The number of anilines is 2. The Kier molecular flexibility index (Phi) is 5.41. The molecule has 3 aromatic rings. The Balaban J connectivity index is 2.04. The Bertz CT molecular complexity index is 1060. The van der Waals surface area contributed by atoms with Crippen LogP contribution in [-0.2, 0) is 6.54 Å². The fourth-order valence-electron chi connectivity index (χ4n) is 2.80. The fourth-order valence-corrected chi connectivity index (χ4v) is 3.14. The van der Waals surface area contributed by atoms with Crippen molar-refractivity contribution in [2.75, 3.05) is 5.32 Å². The molecule has 0 amide bonds. The first kappa shape index (κ1) is 19.2. The van der Waals surface area contributed by atoms with E-state index in [0.29, 0.717) is 11.5 Å². The van der Waals surface area contributed by atoms with Gasteiger partial charge in [-0.25, -0.2) is 8.78 Å². The van der Waals surface area contributed by atoms with Crippen molar-refractivity contribution in [1.82, 2.24) is 9.55 Å². The van der Waals surface area contributed by atoms with Gasteiger partial charge in [-0.15, -0.1) is 0 Å². The summed E-state index contributed by atoms with van der Waals surface area (Å²) in [6.07, 6.45) is 1.55. The van der Waals surface area contributed by atoms with E-state index < -0.39 is 17.2 Å². The highest BCUT2D eigenvalue weighted by atomic mass is 79.9. The fraction of sp³-hybridized carbons (Fsp3) is 0.200. The second kappa shape index (κ2) is 7.60. The monoisotopic (exact) mass is 433 g/mol. The van der Waals surface area contributed by atoms with Gasteiger partial charge in [-0.2, -0.15) is 4.98 Å². The van der Waals surface area contributed by atoms with Crippen LogP contribution in [0.3, 0.4) is 0 Å². The minimum absolute atomic E-state index is 0.146. The van der Waals surface area contributed by atoms with E-state index >= 15 is 0 Å². The summed E-state index contributed by atoms with van der Waals surface area (Å²) in [4.78, 5) is 16.1. The first-order valence-corrected chi connectivity index (χ1v) is 9.09. The van der Waals surface area contributed by atoms with Gasteiger partial charge in [0.15, 0.2) is 0 Å². The summed E-state index contributed by atoms with van der Waals surface area (Å²) in [6, 6.07) is 7.34. The van der Waals surface area contributed by atoms with E-state index in [1.807, 2.05) is 32.9 Å². The number of hydrogen-bond donors (Lipinski definition) is 1. The van der Waals surface area contributed by atoms with Crippen LogP contribution >= 0.6 is 15.9 Å². The van der Waals surface area contributed by atoms with Gasteiger partial charge in [0.1, 0.15) is 16.1 Å². The number of nitrogens with one attached hydrogen (secondary N) is 1. The van der Waals surface area contributed by atoms with Gasteiger partial charge in [0.05, 0.1) is 6.54 Å². The predicted molar refractivity (Wildman–Crippen MR) is 106 cm³/mol. The maximum absolute atomic E-state index is 13.5. The standard InChI is InChI=1S/C20H18BrF2N3O/c1-11-4-13(3)18(5-12(11)2)24-20-25-19(27)17(21)10-26(20)9-14-6-15(22)8-16(23)7-14/h4-8,10H,9H2,1-3H3,(H,24,25,27). The van der Waals surface area contributed by atoms with Crippen LogP contribution in [0, 0.1) is 32.4 Å². The number of nitrogens with zero attached hydrogens (tertiary/aromatic N) is 2. The maximum Gasteiger partial charge on any atom is 0.288 e. The van der Waals surface area contributed by atoms with Gasteiger partial charge in [-0.3, -0.25) is 4.79 Å². The van der Waals surface area contributed by atoms with E-state index in [2.05, 4.69) is 26.2 Å². The zero-order chi connectivity index (χ0) is 19.7. The molecule has 1 N–H and O–H groups in total. The van der Waals surface area contributed by atoms with Crippen molar-refractivity contribution >= 4 is 27.6 Å². The van der Waals surface area contributed by atoms with Crippen LogP contribution in [0.2, 0.25) is 0 Å². The normalized spacial score (nSPS) is 10.9. The van der Waals surface area contributed by atoms with E-state index in [1.54, 1.807) is 10.8 Å². The molecule has 0 radical (unpaired) electrons. The van der Waals surface area contributed by atoms with Gasteiger partial charge in [0.2, 0.25) is 5.95 Å². The van der Waals surface area contributed by atoms with Gasteiger partial charge >= 0.3 is 0 Å². The minimum Gasteiger partial charge on any atom is -0.325 e. The minimum atomic E-state index is -0.655. The Morgan fingerprint density at radius 3 is 2.30 bits per heavy atom. The number of aromatic nitrogens is 2. The van der Waals surface area contributed by atoms with Gasteiger partial charge in [0.25, 0.3) is 5.56 Å². The average molecular weight is 434 g/mol. The molecule has 4 nitrogen and oxygen atoms in total. The highest BCUT2D eigenvalue weighted by molar-refractivity contribution is 9.10. The van der Waals surface area contributed by atoms with Crippen LogP contribution in [-0.4, -0.2) is 9.55 Å². The number of aryl methyl sites for hydroxylation is 3. The van der Waals surface area contributed by atoms with Crippen molar-refractivity contribution in [2.24, 2.45) is 0 Å². The molecule has 2 aromatic carbocycles. The van der Waals surface area contributed by atoms with Gasteiger partial charge in [-0.05, 0) is 77.2 Å². The third-order valence-electron chi connectivity index (χ3n) is 4.32. The van der Waals surface area contributed by atoms with Gasteiger partial charge < -0.3 is 9.88 Å². The molecule has 0 saturated heterocycles. The Labute approximate surface area is 164 Å². The maximum atomic E-state index is 13.5. The smallest absolute Gasteiger partial charge is 0.288 e. The molecule has 3 rings (SSSR count). The van der Waals surface area contributed by atoms with E-state index in [4.69, 9.17) is 0 Å². The second-order valence-corrected chi connectivity index (χ2v) is 7.35. The van der Waals surface area contributed by atoms with Crippen molar-refractivity contribution in [3.63, 3.8) is 0 Å². The predicted octanol–water partition coefficient (Wildman–Crippen LogP) is 5.00. The summed E-state index contributed by atoms with van der Waals surface area (Å²) in [5, 5.41) is 3.17. The lowest BCUT2D eigenvalue weighted by molar-refractivity contribution is 0.577. The molecule has 0 unspecified atom stereocenters. The molecular weight excluding hydrogens is 416 g/mol. The molecule has 0 bridgehead atoms. The molecule has 0 spiro atoms. The second-order valence-electron chi connectivity index (χ2n) is 6.50. The number of halogens is 3. The highest BCUT2D eigenvalue weighted by Crippen LogP contribution is 2.24. The summed E-state index contributed by atoms with van der Waals surface area (Å²) in [5.41, 5.74) is 4.06. The molecule has 140 valence electrons. The quantitative estimate of drug-likeness (QED) is 0.629.